The van der Waals surface area contributed by atoms with Crippen LogP contribution in [0.3, 0.4) is 0 Å². The number of hydrogen-bond donors (Lipinski definition) is 0. The topological polar surface area (TPSA) is 3.24 Å². The third-order valence-electron chi connectivity index (χ3n) is 6.60. The quantitative estimate of drug-likeness (QED) is 0.431. The lowest BCUT2D eigenvalue weighted by Crippen LogP contribution is -2.28. The number of nitrogens with zero attached hydrogens (tertiary/aromatic N) is 1. The van der Waals surface area contributed by atoms with Gasteiger partial charge in [0.15, 0.2) is 0 Å². The van der Waals surface area contributed by atoms with Crippen molar-refractivity contribution in [3.63, 3.8) is 0 Å². The van der Waals surface area contributed by atoms with Crippen molar-refractivity contribution in [1.82, 2.24) is 4.90 Å². The van der Waals surface area contributed by atoms with Gasteiger partial charge in [-0.1, -0.05) is 82.1 Å². The Labute approximate surface area is 167 Å². The molecule has 0 radical (unpaired) electrons. The summed E-state index contributed by atoms with van der Waals surface area (Å²) in [7, 11) is 0. The first-order valence-electron chi connectivity index (χ1n) is 11.2. The number of rotatable bonds is 1. The van der Waals surface area contributed by atoms with Crippen molar-refractivity contribution in [2.45, 2.75) is 114 Å². The van der Waals surface area contributed by atoms with Gasteiger partial charge >= 0.3 is 0 Å². The standard InChI is InChI=1S/C14H25N.C4H10.C3H8.C2H6.C2H2/c1-5-15-10-14(9-11(15)2)12(3,4)13(14)7-6-8-13;1-4(2)3;1-3-2;2*1-2/h11H,5-10H2,1-4H3;4H,1-3H3;3H2,1-2H3;1-2H3;1-2H. The Morgan fingerprint density at radius 3 is 1.54 bits per heavy atom. The second-order valence-electron chi connectivity index (χ2n) is 9.20. The first-order valence-corrected chi connectivity index (χ1v) is 11.2. The van der Waals surface area contributed by atoms with Crippen LogP contribution in [-0.2, 0) is 0 Å². The van der Waals surface area contributed by atoms with Gasteiger partial charge in [-0.3, -0.25) is 0 Å². The zero-order valence-corrected chi connectivity index (χ0v) is 20.2. The molecule has 3 rings (SSSR count). The molecule has 156 valence electrons. The Balaban J connectivity index is 0. The molecule has 26 heavy (non-hydrogen) atoms. The predicted octanol–water partition coefficient (Wildman–Crippen LogP) is 7.65. The number of likely N-dealkylation sites (tertiary alicyclic amines) is 1. The minimum absolute atomic E-state index is 0.635. The molecule has 2 aliphatic carbocycles. The predicted molar refractivity (Wildman–Crippen MR) is 122 cm³/mol. The third kappa shape index (κ3) is 5.07. The molecule has 0 aromatic carbocycles. The van der Waals surface area contributed by atoms with Crippen LogP contribution in [0.4, 0.5) is 0 Å². The largest absolute Gasteiger partial charge is 0.300 e. The molecule has 0 amide bonds. The average molecular weight is 366 g/mol. The summed E-state index contributed by atoms with van der Waals surface area (Å²) in [5.41, 5.74) is 2.10. The molecule has 2 saturated carbocycles. The molecule has 0 aromatic rings. The second-order valence-corrected chi connectivity index (χ2v) is 9.20. The maximum atomic E-state index is 4.00. The lowest BCUT2D eigenvalue weighted by Gasteiger charge is -2.32. The van der Waals surface area contributed by atoms with Gasteiger partial charge in [-0.05, 0) is 54.9 Å². The van der Waals surface area contributed by atoms with Gasteiger partial charge in [-0.15, -0.1) is 12.8 Å². The summed E-state index contributed by atoms with van der Waals surface area (Å²) in [5, 5.41) is 0. The van der Waals surface area contributed by atoms with Crippen LogP contribution in [0.2, 0.25) is 0 Å². The number of terminal acetylenes is 1. The van der Waals surface area contributed by atoms with Crippen LogP contribution in [0.15, 0.2) is 0 Å². The van der Waals surface area contributed by atoms with E-state index in [0.29, 0.717) is 10.8 Å². The van der Waals surface area contributed by atoms with Crippen LogP contribution in [0.1, 0.15) is 108 Å². The first kappa shape index (κ1) is 27.7. The monoisotopic (exact) mass is 365 g/mol. The van der Waals surface area contributed by atoms with E-state index in [9.17, 15) is 0 Å². The Kier molecular flexibility index (Phi) is 12.9. The molecule has 0 aromatic heterocycles. The molecule has 0 bridgehead atoms. The highest BCUT2D eigenvalue weighted by atomic mass is 15.2. The minimum Gasteiger partial charge on any atom is -0.300 e. The van der Waals surface area contributed by atoms with Crippen LogP contribution >= 0.6 is 0 Å². The Morgan fingerprint density at radius 1 is 0.962 bits per heavy atom. The van der Waals surface area contributed by atoms with Crippen LogP contribution in [0.5, 0.6) is 0 Å². The number of hydrogen-bond acceptors (Lipinski definition) is 1. The van der Waals surface area contributed by atoms with Gasteiger partial charge in [0.2, 0.25) is 0 Å². The Morgan fingerprint density at radius 2 is 1.35 bits per heavy atom. The SMILES string of the molecule is C#C.CC.CC(C)C.CCC.CCN1CC2(CC1C)C(C)(C)C21CCC1. The van der Waals surface area contributed by atoms with Crippen molar-refractivity contribution < 1.29 is 0 Å². The summed E-state index contributed by atoms with van der Waals surface area (Å²) in [6.45, 7) is 27.2. The molecule has 1 nitrogen and oxygen atoms in total. The average Bonchev–Trinajstić information content (AvgIpc) is 2.77. The van der Waals surface area contributed by atoms with Crippen molar-refractivity contribution >= 4 is 0 Å². The summed E-state index contributed by atoms with van der Waals surface area (Å²) >= 11 is 0. The number of fused-ring (bicyclic) bond motifs is 1. The van der Waals surface area contributed by atoms with Crippen molar-refractivity contribution in [3.8, 4) is 12.8 Å². The molecule has 1 heterocycles. The van der Waals surface area contributed by atoms with E-state index in [1.807, 2.05) is 13.8 Å². The van der Waals surface area contributed by atoms with Gasteiger partial charge < -0.3 is 4.90 Å². The highest BCUT2D eigenvalue weighted by molar-refractivity contribution is 5.32. The maximum absolute atomic E-state index is 4.00. The van der Waals surface area contributed by atoms with E-state index in [1.165, 1.54) is 45.2 Å². The summed E-state index contributed by atoms with van der Waals surface area (Å²) < 4.78 is 0. The van der Waals surface area contributed by atoms with Gasteiger partial charge in [0, 0.05) is 12.6 Å². The van der Waals surface area contributed by atoms with Crippen molar-refractivity contribution in [1.29, 1.82) is 0 Å². The van der Waals surface area contributed by atoms with Crippen LogP contribution < -0.4 is 0 Å². The molecule has 3 fully saturated rings. The van der Waals surface area contributed by atoms with Gasteiger partial charge in [-0.25, -0.2) is 0 Å². The normalized spacial score (nSPS) is 28.9. The summed E-state index contributed by atoms with van der Waals surface area (Å²) in [6.07, 6.45) is 15.2. The fourth-order valence-corrected chi connectivity index (χ4v) is 5.32. The molecule has 2 spiro atoms. The minimum atomic E-state index is 0.635. The first-order chi connectivity index (χ1) is 12.2. The lowest BCUT2D eigenvalue weighted by atomic mass is 9.73. The van der Waals surface area contributed by atoms with Crippen LogP contribution in [0, 0.1) is 35.0 Å². The molecular formula is C25H51N. The molecule has 0 N–H and O–H groups in total. The highest BCUT2D eigenvalue weighted by Gasteiger charge is 2.83. The summed E-state index contributed by atoms with van der Waals surface area (Å²) in [6, 6.07) is 0.828. The van der Waals surface area contributed by atoms with Crippen molar-refractivity contribution in [2.24, 2.45) is 22.2 Å². The summed E-state index contributed by atoms with van der Waals surface area (Å²) in [4.78, 5) is 2.70. The Hall–Kier alpha value is -0.480. The molecule has 1 aliphatic heterocycles. The van der Waals surface area contributed by atoms with E-state index in [-0.39, 0.29) is 0 Å². The molecule has 1 heteroatoms. The Bertz CT molecular complexity index is 372. The highest BCUT2D eigenvalue weighted by Crippen LogP contribution is 2.88. The van der Waals surface area contributed by atoms with Crippen molar-refractivity contribution in [3.05, 3.63) is 0 Å². The third-order valence-corrected chi connectivity index (χ3v) is 6.60. The zero-order chi connectivity index (χ0) is 21.2. The maximum Gasteiger partial charge on any atom is 0.00732 e. The van der Waals surface area contributed by atoms with Gasteiger partial charge in [0.1, 0.15) is 0 Å². The summed E-state index contributed by atoms with van der Waals surface area (Å²) in [5.74, 6) is 0.833. The smallest absolute Gasteiger partial charge is 0.00732 e. The molecule has 2 unspecified atom stereocenters. The van der Waals surface area contributed by atoms with Crippen molar-refractivity contribution in [2.75, 3.05) is 13.1 Å². The fraction of sp³-hybridized carbons (Fsp3) is 0.920. The van der Waals surface area contributed by atoms with Gasteiger partial charge in [0.05, 0.1) is 0 Å². The molecule has 1 saturated heterocycles. The second kappa shape index (κ2) is 12.1. The van der Waals surface area contributed by atoms with E-state index in [2.05, 4.69) is 80.1 Å². The van der Waals surface area contributed by atoms with Crippen LogP contribution in [0.25, 0.3) is 0 Å². The van der Waals surface area contributed by atoms with E-state index in [4.69, 9.17) is 0 Å². The van der Waals surface area contributed by atoms with E-state index in [0.717, 1.165) is 17.4 Å². The van der Waals surface area contributed by atoms with E-state index < -0.39 is 0 Å². The lowest BCUT2D eigenvalue weighted by molar-refractivity contribution is 0.186. The van der Waals surface area contributed by atoms with E-state index >= 15 is 0 Å². The van der Waals surface area contributed by atoms with Gasteiger partial charge in [0.25, 0.3) is 0 Å². The zero-order valence-electron chi connectivity index (χ0n) is 20.2. The van der Waals surface area contributed by atoms with Gasteiger partial charge in [-0.2, -0.15) is 0 Å². The van der Waals surface area contributed by atoms with E-state index in [1.54, 1.807) is 0 Å². The molecule has 3 aliphatic rings. The molecule has 2 atom stereocenters. The van der Waals surface area contributed by atoms with Crippen LogP contribution in [-0.4, -0.2) is 24.0 Å². The fourth-order valence-electron chi connectivity index (χ4n) is 5.32. The molecular weight excluding hydrogens is 314 g/mol.